The van der Waals surface area contributed by atoms with E-state index in [2.05, 4.69) is 17.0 Å². The lowest BCUT2D eigenvalue weighted by atomic mass is 10.1. The lowest BCUT2D eigenvalue weighted by Crippen LogP contribution is -2.48. The Morgan fingerprint density at radius 3 is 2.32 bits per heavy atom. The average Bonchev–Trinajstić information content (AvgIpc) is 2.84. The van der Waals surface area contributed by atoms with Gasteiger partial charge in [-0.3, -0.25) is 9.69 Å². The number of carbonyl (C=O) groups is 1. The largest absolute Gasteiger partial charge is 0.497 e. The SMILES string of the molecule is COc1ccc(OC)c(CN2CCN(C(=O)c3ccc(C4SCCCS4)cc3)CC2)c1. The second kappa shape index (κ2) is 10.7. The number of benzene rings is 2. The van der Waals surface area contributed by atoms with Gasteiger partial charge in [-0.15, -0.1) is 23.5 Å². The van der Waals surface area contributed by atoms with Crippen molar-refractivity contribution in [2.24, 2.45) is 0 Å². The summed E-state index contributed by atoms with van der Waals surface area (Å²) in [5, 5.41) is 0. The standard InChI is InChI=1S/C24H30N2O3S2/c1-28-21-8-9-22(29-2)20(16-21)17-25-10-12-26(13-11-25)23(27)18-4-6-19(7-5-18)24-30-14-3-15-31-24/h4-9,16,24H,3,10-15,17H2,1-2H3. The minimum atomic E-state index is 0.133. The average molecular weight is 459 g/mol. The molecular weight excluding hydrogens is 428 g/mol. The number of methoxy groups -OCH3 is 2. The summed E-state index contributed by atoms with van der Waals surface area (Å²) in [5.74, 6) is 4.29. The summed E-state index contributed by atoms with van der Waals surface area (Å²) in [4.78, 5) is 17.3. The van der Waals surface area contributed by atoms with Crippen LogP contribution in [0.4, 0.5) is 0 Å². The number of rotatable bonds is 6. The van der Waals surface area contributed by atoms with E-state index in [1.54, 1.807) is 14.2 Å². The van der Waals surface area contributed by atoms with E-state index in [1.165, 1.54) is 23.5 Å². The molecule has 0 N–H and O–H groups in total. The van der Waals surface area contributed by atoms with E-state index in [1.807, 2.05) is 58.8 Å². The number of nitrogens with zero attached hydrogens (tertiary/aromatic N) is 2. The fourth-order valence-electron chi connectivity index (χ4n) is 4.00. The van der Waals surface area contributed by atoms with Crippen molar-refractivity contribution in [3.8, 4) is 11.5 Å². The molecule has 166 valence electrons. The molecule has 0 bridgehead atoms. The molecule has 0 radical (unpaired) electrons. The highest BCUT2D eigenvalue weighted by Gasteiger charge is 2.24. The topological polar surface area (TPSA) is 42.0 Å². The van der Waals surface area contributed by atoms with Gasteiger partial charge in [-0.05, 0) is 53.8 Å². The molecule has 2 aliphatic heterocycles. The zero-order chi connectivity index (χ0) is 21.6. The third-order valence-electron chi connectivity index (χ3n) is 5.80. The van der Waals surface area contributed by atoms with E-state index in [0.717, 1.165) is 55.3 Å². The van der Waals surface area contributed by atoms with Crippen LogP contribution >= 0.6 is 23.5 Å². The number of hydrogen-bond donors (Lipinski definition) is 0. The Labute approximate surface area is 193 Å². The molecule has 0 saturated carbocycles. The van der Waals surface area contributed by atoms with Crippen molar-refractivity contribution in [1.82, 2.24) is 9.80 Å². The molecule has 4 rings (SSSR count). The van der Waals surface area contributed by atoms with Crippen molar-refractivity contribution in [2.75, 3.05) is 51.9 Å². The van der Waals surface area contributed by atoms with Gasteiger partial charge < -0.3 is 14.4 Å². The quantitative estimate of drug-likeness (QED) is 0.634. The van der Waals surface area contributed by atoms with Gasteiger partial charge in [-0.1, -0.05) is 12.1 Å². The van der Waals surface area contributed by atoms with E-state index in [-0.39, 0.29) is 5.91 Å². The van der Waals surface area contributed by atoms with E-state index < -0.39 is 0 Å². The van der Waals surface area contributed by atoms with Gasteiger partial charge in [-0.25, -0.2) is 0 Å². The van der Waals surface area contributed by atoms with Crippen molar-refractivity contribution in [2.45, 2.75) is 17.5 Å². The molecule has 0 aromatic heterocycles. The summed E-state index contributed by atoms with van der Waals surface area (Å²) in [6.45, 7) is 3.95. The summed E-state index contributed by atoms with van der Waals surface area (Å²) in [6.07, 6.45) is 1.29. The molecule has 2 aliphatic rings. The Kier molecular flexibility index (Phi) is 7.69. The lowest BCUT2D eigenvalue weighted by molar-refractivity contribution is 0.0627. The molecular formula is C24H30N2O3S2. The van der Waals surface area contributed by atoms with E-state index in [9.17, 15) is 4.79 Å². The van der Waals surface area contributed by atoms with Crippen molar-refractivity contribution >= 4 is 29.4 Å². The van der Waals surface area contributed by atoms with Crippen LogP contribution in [0, 0.1) is 0 Å². The minimum absolute atomic E-state index is 0.133. The number of carbonyl (C=O) groups excluding carboxylic acids is 1. The van der Waals surface area contributed by atoms with Gasteiger partial charge in [0.2, 0.25) is 0 Å². The molecule has 31 heavy (non-hydrogen) atoms. The molecule has 0 aliphatic carbocycles. The van der Waals surface area contributed by atoms with Gasteiger partial charge in [0.25, 0.3) is 5.91 Å². The normalized spacial score (nSPS) is 18.1. The number of piperazine rings is 1. The first-order valence-corrected chi connectivity index (χ1v) is 12.8. The molecule has 0 unspecified atom stereocenters. The second-order valence-electron chi connectivity index (χ2n) is 7.80. The maximum absolute atomic E-state index is 13.0. The highest BCUT2D eigenvalue weighted by molar-refractivity contribution is 8.16. The van der Waals surface area contributed by atoms with Crippen LogP contribution in [-0.4, -0.2) is 67.6 Å². The first kappa shape index (κ1) is 22.4. The predicted molar refractivity (Wildman–Crippen MR) is 129 cm³/mol. The van der Waals surface area contributed by atoms with Crippen LogP contribution in [0.2, 0.25) is 0 Å². The van der Waals surface area contributed by atoms with E-state index in [4.69, 9.17) is 9.47 Å². The summed E-state index contributed by atoms with van der Waals surface area (Å²) >= 11 is 4.02. The highest BCUT2D eigenvalue weighted by atomic mass is 32.2. The van der Waals surface area contributed by atoms with Crippen LogP contribution in [0.3, 0.4) is 0 Å². The van der Waals surface area contributed by atoms with Crippen LogP contribution in [0.1, 0.15) is 32.5 Å². The van der Waals surface area contributed by atoms with Crippen LogP contribution in [0.5, 0.6) is 11.5 Å². The van der Waals surface area contributed by atoms with Gasteiger partial charge >= 0.3 is 0 Å². The van der Waals surface area contributed by atoms with Crippen LogP contribution < -0.4 is 9.47 Å². The summed E-state index contributed by atoms with van der Waals surface area (Å²) in [5.41, 5.74) is 3.22. The zero-order valence-electron chi connectivity index (χ0n) is 18.2. The zero-order valence-corrected chi connectivity index (χ0v) is 19.8. The fourth-order valence-corrected chi connectivity index (χ4v) is 6.90. The molecule has 2 fully saturated rings. The van der Waals surface area contributed by atoms with Crippen LogP contribution in [0.15, 0.2) is 42.5 Å². The highest BCUT2D eigenvalue weighted by Crippen LogP contribution is 2.43. The molecule has 2 heterocycles. The third-order valence-corrected chi connectivity index (χ3v) is 8.81. The Morgan fingerprint density at radius 1 is 0.968 bits per heavy atom. The van der Waals surface area contributed by atoms with Crippen LogP contribution in [-0.2, 0) is 6.54 Å². The van der Waals surface area contributed by atoms with Gasteiger partial charge in [0.05, 0.1) is 18.8 Å². The lowest BCUT2D eigenvalue weighted by Gasteiger charge is -2.35. The van der Waals surface area contributed by atoms with Crippen molar-refractivity contribution in [1.29, 1.82) is 0 Å². The second-order valence-corrected chi connectivity index (χ2v) is 10.5. The summed E-state index contributed by atoms with van der Waals surface area (Å²) < 4.78 is 11.4. The Hall–Kier alpha value is -1.83. The molecule has 5 nitrogen and oxygen atoms in total. The molecule has 2 aromatic carbocycles. The minimum Gasteiger partial charge on any atom is -0.497 e. The number of thioether (sulfide) groups is 2. The maximum atomic E-state index is 13.0. The van der Waals surface area contributed by atoms with Gasteiger partial charge in [0, 0.05) is 43.9 Å². The van der Waals surface area contributed by atoms with Gasteiger partial charge in [0.15, 0.2) is 0 Å². The maximum Gasteiger partial charge on any atom is 0.253 e. The van der Waals surface area contributed by atoms with Gasteiger partial charge in [-0.2, -0.15) is 0 Å². The predicted octanol–water partition coefficient (Wildman–Crippen LogP) is 4.53. The number of amides is 1. The Morgan fingerprint density at radius 2 is 1.68 bits per heavy atom. The van der Waals surface area contributed by atoms with E-state index in [0.29, 0.717) is 4.58 Å². The monoisotopic (exact) mass is 458 g/mol. The van der Waals surface area contributed by atoms with Crippen molar-refractivity contribution in [3.05, 3.63) is 59.2 Å². The number of ether oxygens (including phenoxy) is 2. The van der Waals surface area contributed by atoms with Crippen molar-refractivity contribution < 1.29 is 14.3 Å². The molecule has 0 atom stereocenters. The fraction of sp³-hybridized carbons (Fsp3) is 0.458. The summed E-state index contributed by atoms with van der Waals surface area (Å²) in [6, 6.07) is 14.2. The first-order chi connectivity index (χ1) is 15.2. The van der Waals surface area contributed by atoms with Gasteiger partial charge in [0.1, 0.15) is 11.5 Å². The van der Waals surface area contributed by atoms with Crippen molar-refractivity contribution in [3.63, 3.8) is 0 Å². The first-order valence-electron chi connectivity index (χ1n) is 10.7. The molecule has 2 saturated heterocycles. The summed E-state index contributed by atoms with van der Waals surface area (Å²) in [7, 11) is 3.37. The third kappa shape index (κ3) is 5.51. The molecule has 1 amide bonds. The molecule has 0 spiro atoms. The Balaban J connectivity index is 1.33. The Bertz CT molecular complexity index is 877. The molecule has 2 aromatic rings. The number of hydrogen-bond acceptors (Lipinski definition) is 6. The molecule has 7 heteroatoms. The smallest absolute Gasteiger partial charge is 0.253 e. The van der Waals surface area contributed by atoms with Crippen LogP contribution in [0.25, 0.3) is 0 Å². The van der Waals surface area contributed by atoms with E-state index >= 15 is 0 Å².